The molecule has 0 aliphatic heterocycles. The summed E-state index contributed by atoms with van der Waals surface area (Å²) in [7, 11) is 3.47. The number of nitrogens with zero attached hydrogens (tertiary/aromatic N) is 2. The van der Waals surface area contributed by atoms with Crippen molar-refractivity contribution in [3.8, 4) is 0 Å². The second-order valence-corrected chi connectivity index (χ2v) is 4.88. The summed E-state index contributed by atoms with van der Waals surface area (Å²) < 4.78 is 1.52. The monoisotopic (exact) mass is 242 g/mol. The molecule has 1 aromatic rings. The van der Waals surface area contributed by atoms with Gasteiger partial charge in [0, 0.05) is 26.3 Å². The number of aromatic nitrogens is 1. The van der Waals surface area contributed by atoms with Crippen LogP contribution in [0.5, 0.6) is 0 Å². The van der Waals surface area contributed by atoms with Gasteiger partial charge < -0.3 is 9.47 Å². The largest absolute Gasteiger partial charge is 0.341 e. The van der Waals surface area contributed by atoms with E-state index in [1.807, 2.05) is 0 Å². The third-order valence-corrected chi connectivity index (χ3v) is 3.81. The van der Waals surface area contributed by atoms with Gasteiger partial charge in [0.05, 0.1) is 0 Å². The number of rotatable bonds is 4. The molecule has 1 amide bonds. The lowest BCUT2D eigenvalue weighted by Crippen LogP contribution is -2.27. The van der Waals surface area contributed by atoms with Gasteiger partial charge in [0.1, 0.15) is 4.88 Å². The second kappa shape index (κ2) is 5.30. The molecule has 1 heterocycles. The Kier molecular flexibility index (Phi) is 4.29. The summed E-state index contributed by atoms with van der Waals surface area (Å²) >= 11 is 1.03. The van der Waals surface area contributed by atoms with Crippen LogP contribution in [0.2, 0.25) is 0 Å². The van der Waals surface area contributed by atoms with Gasteiger partial charge in [0.15, 0.2) is 0 Å². The van der Waals surface area contributed by atoms with Crippen LogP contribution in [0.1, 0.15) is 35.1 Å². The minimum Gasteiger partial charge on any atom is -0.341 e. The van der Waals surface area contributed by atoms with Gasteiger partial charge in [-0.1, -0.05) is 24.7 Å². The molecular formula is C11H18N2O2S. The van der Waals surface area contributed by atoms with Crippen molar-refractivity contribution in [1.82, 2.24) is 9.47 Å². The summed E-state index contributed by atoms with van der Waals surface area (Å²) in [6.45, 7) is 4.63. The Bertz CT molecular complexity index is 434. The Morgan fingerprint density at radius 2 is 2.12 bits per heavy atom. The summed E-state index contributed by atoms with van der Waals surface area (Å²) in [5.74, 6) is -0.0475. The molecule has 0 radical (unpaired) electrons. The molecule has 16 heavy (non-hydrogen) atoms. The Morgan fingerprint density at radius 3 is 2.56 bits per heavy atom. The van der Waals surface area contributed by atoms with Crippen molar-refractivity contribution in [2.45, 2.75) is 26.7 Å². The van der Waals surface area contributed by atoms with E-state index in [4.69, 9.17) is 0 Å². The lowest BCUT2D eigenvalue weighted by Gasteiger charge is -2.15. The smallest absolute Gasteiger partial charge is 0.307 e. The number of hydrogen-bond acceptors (Lipinski definition) is 3. The molecule has 0 unspecified atom stereocenters. The molecule has 0 spiro atoms. The number of unbranched alkanes of at least 4 members (excludes halogenated alkanes) is 1. The van der Waals surface area contributed by atoms with Gasteiger partial charge in [-0.2, -0.15) is 0 Å². The highest BCUT2D eigenvalue weighted by atomic mass is 32.1. The highest BCUT2D eigenvalue weighted by molar-refractivity contribution is 7.11. The van der Waals surface area contributed by atoms with Crippen molar-refractivity contribution in [2.24, 2.45) is 7.05 Å². The van der Waals surface area contributed by atoms with Crippen LogP contribution in [0, 0.1) is 6.92 Å². The highest BCUT2D eigenvalue weighted by Crippen LogP contribution is 2.13. The van der Waals surface area contributed by atoms with Crippen molar-refractivity contribution >= 4 is 17.2 Å². The molecule has 0 aromatic carbocycles. The number of thiazole rings is 1. The SMILES string of the molecule is CCCCN(C)C(=O)c1sc(=O)n(C)c1C. The van der Waals surface area contributed by atoms with Crippen molar-refractivity contribution < 1.29 is 4.79 Å². The Hall–Kier alpha value is -1.10. The van der Waals surface area contributed by atoms with Gasteiger partial charge >= 0.3 is 4.87 Å². The van der Waals surface area contributed by atoms with Crippen LogP contribution < -0.4 is 4.87 Å². The van der Waals surface area contributed by atoms with Crippen LogP contribution in [-0.2, 0) is 7.05 Å². The van der Waals surface area contributed by atoms with Gasteiger partial charge in [-0.3, -0.25) is 9.59 Å². The number of amides is 1. The van der Waals surface area contributed by atoms with Crippen LogP contribution in [0.25, 0.3) is 0 Å². The second-order valence-electron chi connectivity index (χ2n) is 3.92. The first kappa shape index (κ1) is 13.0. The number of hydrogen-bond donors (Lipinski definition) is 0. The van der Waals surface area contributed by atoms with Gasteiger partial charge in [-0.25, -0.2) is 0 Å². The van der Waals surface area contributed by atoms with Gasteiger partial charge in [0.25, 0.3) is 5.91 Å². The average molecular weight is 242 g/mol. The normalized spacial score (nSPS) is 10.5. The van der Waals surface area contributed by atoms with Gasteiger partial charge in [0.2, 0.25) is 0 Å². The summed E-state index contributed by atoms with van der Waals surface area (Å²) in [5, 5.41) is 0. The standard InChI is InChI=1S/C11H18N2O2S/c1-5-6-7-12(3)10(14)9-8(2)13(4)11(15)16-9/h5-7H2,1-4H3. The molecule has 0 saturated carbocycles. The van der Waals surface area contributed by atoms with Crippen LogP contribution >= 0.6 is 11.3 Å². The maximum atomic E-state index is 12.0. The first-order chi connectivity index (χ1) is 7.49. The minimum absolute atomic E-state index is 0.0475. The zero-order valence-corrected chi connectivity index (χ0v) is 11.1. The van der Waals surface area contributed by atoms with Crippen LogP contribution in [0.3, 0.4) is 0 Å². The fourth-order valence-corrected chi connectivity index (χ4v) is 2.36. The third kappa shape index (κ3) is 2.52. The molecule has 0 aliphatic rings. The molecule has 0 aliphatic carbocycles. The van der Waals surface area contributed by atoms with E-state index in [2.05, 4.69) is 6.92 Å². The van der Waals surface area contributed by atoms with Crippen molar-refractivity contribution in [2.75, 3.05) is 13.6 Å². The minimum atomic E-state index is -0.0789. The van der Waals surface area contributed by atoms with E-state index < -0.39 is 0 Å². The fraction of sp³-hybridized carbons (Fsp3) is 0.636. The van der Waals surface area contributed by atoms with E-state index in [9.17, 15) is 9.59 Å². The zero-order chi connectivity index (χ0) is 12.3. The Balaban J connectivity index is 2.88. The summed E-state index contributed by atoms with van der Waals surface area (Å²) in [4.78, 5) is 25.6. The number of carbonyl (C=O) groups is 1. The average Bonchev–Trinajstić information content (AvgIpc) is 2.52. The predicted molar refractivity (Wildman–Crippen MR) is 66.2 cm³/mol. The molecule has 0 saturated heterocycles. The molecule has 90 valence electrons. The molecule has 1 rings (SSSR count). The lowest BCUT2D eigenvalue weighted by atomic mass is 10.3. The molecular weight excluding hydrogens is 224 g/mol. The van der Waals surface area contributed by atoms with E-state index in [1.165, 1.54) is 4.57 Å². The Morgan fingerprint density at radius 1 is 1.50 bits per heavy atom. The molecule has 1 aromatic heterocycles. The molecule has 0 fully saturated rings. The maximum absolute atomic E-state index is 12.0. The van der Waals surface area contributed by atoms with Crippen LogP contribution in [0.4, 0.5) is 0 Å². The van der Waals surface area contributed by atoms with E-state index >= 15 is 0 Å². The quantitative estimate of drug-likeness (QED) is 0.805. The zero-order valence-electron chi connectivity index (χ0n) is 10.2. The Labute approximate surface area is 99.5 Å². The molecule has 0 atom stereocenters. The molecule has 0 N–H and O–H groups in total. The van der Waals surface area contributed by atoms with E-state index in [1.54, 1.807) is 25.9 Å². The first-order valence-corrected chi connectivity index (χ1v) is 6.22. The summed E-state index contributed by atoms with van der Waals surface area (Å²) in [6, 6.07) is 0. The molecule has 4 nitrogen and oxygen atoms in total. The lowest BCUT2D eigenvalue weighted by molar-refractivity contribution is 0.0797. The maximum Gasteiger partial charge on any atom is 0.307 e. The molecule has 0 bridgehead atoms. The van der Waals surface area contributed by atoms with E-state index in [0.29, 0.717) is 4.88 Å². The summed E-state index contributed by atoms with van der Waals surface area (Å²) in [6.07, 6.45) is 2.05. The van der Waals surface area contributed by atoms with Crippen molar-refractivity contribution in [1.29, 1.82) is 0 Å². The van der Waals surface area contributed by atoms with Crippen LogP contribution in [0.15, 0.2) is 4.79 Å². The highest BCUT2D eigenvalue weighted by Gasteiger charge is 2.18. The van der Waals surface area contributed by atoms with Crippen molar-refractivity contribution in [3.05, 3.63) is 20.2 Å². The van der Waals surface area contributed by atoms with Crippen molar-refractivity contribution in [3.63, 3.8) is 0 Å². The van der Waals surface area contributed by atoms with E-state index in [0.717, 1.165) is 36.4 Å². The molecule has 5 heteroatoms. The summed E-state index contributed by atoms with van der Waals surface area (Å²) in [5.41, 5.74) is 0.753. The predicted octanol–water partition coefficient (Wildman–Crippen LogP) is 1.63. The van der Waals surface area contributed by atoms with Gasteiger partial charge in [-0.15, -0.1) is 0 Å². The third-order valence-electron chi connectivity index (χ3n) is 2.68. The first-order valence-electron chi connectivity index (χ1n) is 5.41. The van der Waals surface area contributed by atoms with Crippen LogP contribution in [-0.4, -0.2) is 29.0 Å². The topological polar surface area (TPSA) is 42.3 Å². The van der Waals surface area contributed by atoms with E-state index in [-0.39, 0.29) is 10.8 Å². The van der Waals surface area contributed by atoms with Gasteiger partial charge in [-0.05, 0) is 13.3 Å². The number of carbonyl (C=O) groups excluding carboxylic acids is 1. The fourth-order valence-electron chi connectivity index (χ4n) is 1.39.